The fourth-order valence-electron chi connectivity index (χ4n) is 1.36. The molecule has 0 N–H and O–H groups in total. The number of pyridine rings is 1. The average molecular weight is 395 g/mol. The van der Waals surface area contributed by atoms with Crippen molar-refractivity contribution < 1.29 is 31.5 Å². The number of ether oxygens (including phenoxy) is 1. The van der Waals surface area contributed by atoms with Crippen molar-refractivity contribution in [1.82, 2.24) is 4.98 Å². The number of aromatic nitrogens is 1. The van der Waals surface area contributed by atoms with E-state index < -0.39 is 39.0 Å². The standard InChI is InChI=1S/C10H7F5INO2/c1-2-19-9(18)5-6(10(13,14)15)4(16)3-17-7(5)8(11)12/h3,8H,2H2,1H3. The summed E-state index contributed by atoms with van der Waals surface area (Å²) in [4.78, 5) is 14.7. The van der Waals surface area contributed by atoms with Gasteiger partial charge in [-0.25, -0.2) is 13.6 Å². The van der Waals surface area contributed by atoms with Crippen LogP contribution >= 0.6 is 22.6 Å². The number of alkyl halides is 5. The van der Waals surface area contributed by atoms with Gasteiger partial charge in [0.15, 0.2) is 0 Å². The summed E-state index contributed by atoms with van der Waals surface area (Å²) in [6.45, 7) is 1.12. The summed E-state index contributed by atoms with van der Waals surface area (Å²) in [6.07, 6.45) is -7.61. The summed E-state index contributed by atoms with van der Waals surface area (Å²) in [5.41, 5.74) is -3.90. The van der Waals surface area contributed by atoms with E-state index >= 15 is 0 Å². The molecule has 0 radical (unpaired) electrons. The maximum atomic E-state index is 12.9. The maximum absolute atomic E-state index is 12.9. The SMILES string of the molecule is CCOC(=O)c1c(C(F)F)ncc(I)c1C(F)(F)F. The Bertz CT molecular complexity index is 490. The van der Waals surface area contributed by atoms with Gasteiger partial charge in [-0.1, -0.05) is 0 Å². The lowest BCUT2D eigenvalue weighted by Crippen LogP contribution is -2.20. The molecule has 0 aromatic carbocycles. The average Bonchev–Trinajstić information content (AvgIpc) is 2.26. The van der Waals surface area contributed by atoms with Crippen LogP contribution in [-0.2, 0) is 10.9 Å². The van der Waals surface area contributed by atoms with Gasteiger partial charge in [0, 0.05) is 9.77 Å². The van der Waals surface area contributed by atoms with Crippen LogP contribution < -0.4 is 0 Å². The molecule has 19 heavy (non-hydrogen) atoms. The molecular formula is C10H7F5INO2. The monoisotopic (exact) mass is 395 g/mol. The zero-order valence-electron chi connectivity index (χ0n) is 9.39. The predicted octanol–water partition coefficient (Wildman–Crippen LogP) is 3.82. The summed E-state index contributed by atoms with van der Waals surface area (Å²) in [5.74, 6) is -1.46. The molecule has 0 unspecified atom stereocenters. The molecular weight excluding hydrogens is 388 g/mol. The summed E-state index contributed by atoms with van der Waals surface area (Å²) in [5, 5.41) is 0. The highest BCUT2D eigenvalue weighted by Gasteiger charge is 2.41. The molecule has 0 aliphatic rings. The van der Waals surface area contributed by atoms with Gasteiger partial charge < -0.3 is 4.74 Å². The van der Waals surface area contributed by atoms with E-state index in [2.05, 4.69) is 9.72 Å². The van der Waals surface area contributed by atoms with Crippen molar-refractivity contribution in [2.24, 2.45) is 0 Å². The molecule has 0 fully saturated rings. The largest absolute Gasteiger partial charge is 0.462 e. The van der Waals surface area contributed by atoms with E-state index in [1.54, 1.807) is 0 Å². The molecule has 0 saturated heterocycles. The van der Waals surface area contributed by atoms with Crippen LogP contribution in [0.5, 0.6) is 0 Å². The number of hydrogen-bond donors (Lipinski definition) is 0. The Kier molecular flexibility index (Phi) is 5.04. The van der Waals surface area contributed by atoms with Gasteiger partial charge in [0.25, 0.3) is 6.43 Å². The molecule has 1 rings (SSSR count). The zero-order valence-corrected chi connectivity index (χ0v) is 11.6. The van der Waals surface area contributed by atoms with E-state index in [9.17, 15) is 26.7 Å². The first-order chi connectivity index (χ1) is 8.70. The van der Waals surface area contributed by atoms with Crippen molar-refractivity contribution in [1.29, 1.82) is 0 Å². The Morgan fingerprint density at radius 3 is 2.47 bits per heavy atom. The van der Waals surface area contributed by atoms with Gasteiger partial charge in [-0.2, -0.15) is 13.2 Å². The van der Waals surface area contributed by atoms with Crippen molar-refractivity contribution in [2.75, 3.05) is 6.61 Å². The van der Waals surface area contributed by atoms with Crippen LogP contribution in [0.25, 0.3) is 0 Å². The summed E-state index contributed by atoms with van der Waals surface area (Å²) >= 11 is 1.28. The Morgan fingerprint density at radius 2 is 2.05 bits per heavy atom. The smallest absolute Gasteiger partial charge is 0.418 e. The van der Waals surface area contributed by atoms with E-state index in [1.807, 2.05) is 0 Å². The molecule has 9 heteroatoms. The van der Waals surface area contributed by atoms with Gasteiger partial charge in [0.2, 0.25) is 0 Å². The quantitative estimate of drug-likeness (QED) is 0.444. The minimum Gasteiger partial charge on any atom is -0.462 e. The first-order valence-electron chi connectivity index (χ1n) is 4.91. The van der Waals surface area contributed by atoms with Crippen molar-refractivity contribution in [3.8, 4) is 0 Å². The molecule has 1 heterocycles. The van der Waals surface area contributed by atoms with E-state index in [0.717, 1.165) is 0 Å². The van der Waals surface area contributed by atoms with Crippen molar-refractivity contribution in [3.05, 3.63) is 26.6 Å². The second-order valence-electron chi connectivity index (χ2n) is 3.26. The lowest BCUT2D eigenvalue weighted by molar-refractivity contribution is -0.139. The number of esters is 1. The van der Waals surface area contributed by atoms with E-state index in [1.165, 1.54) is 29.5 Å². The van der Waals surface area contributed by atoms with E-state index in [0.29, 0.717) is 6.20 Å². The van der Waals surface area contributed by atoms with E-state index in [-0.39, 0.29) is 6.61 Å². The molecule has 3 nitrogen and oxygen atoms in total. The number of carbonyl (C=O) groups is 1. The third kappa shape index (κ3) is 3.51. The topological polar surface area (TPSA) is 39.2 Å². The highest BCUT2D eigenvalue weighted by atomic mass is 127. The zero-order chi connectivity index (χ0) is 14.8. The maximum Gasteiger partial charge on any atom is 0.418 e. The molecule has 0 saturated carbocycles. The van der Waals surface area contributed by atoms with Crippen LogP contribution in [0.1, 0.15) is 35.0 Å². The number of carbonyl (C=O) groups excluding carboxylic acids is 1. The molecule has 0 aliphatic carbocycles. The molecule has 0 amide bonds. The van der Waals surface area contributed by atoms with Crippen LogP contribution in [0.4, 0.5) is 22.0 Å². The second kappa shape index (κ2) is 5.97. The van der Waals surface area contributed by atoms with Gasteiger partial charge in [-0.15, -0.1) is 0 Å². The Labute approximate surface area is 118 Å². The molecule has 1 aromatic rings. The number of rotatable bonds is 3. The minimum absolute atomic E-state index is 0.232. The lowest BCUT2D eigenvalue weighted by Gasteiger charge is -2.16. The minimum atomic E-state index is -4.95. The normalized spacial score (nSPS) is 11.8. The second-order valence-corrected chi connectivity index (χ2v) is 4.42. The fraction of sp³-hybridized carbons (Fsp3) is 0.400. The molecule has 0 spiro atoms. The van der Waals surface area contributed by atoms with Crippen LogP contribution in [0, 0.1) is 3.57 Å². The third-order valence-corrected chi connectivity index (χ3v) is 2.85. The van der Waals surface area contributed by atoms with E-state index in [4.69, 9.17) is 0 Å². The lowest BCUT2D eigenvalue weighted by atomic mass is 10.1. The highest BCUT2D eigenvalue weighted by molar-refractivity contribution is 14.1. The van der Waals surface area contributed by atoms with Gasteiger partial charge in [0.1, 0.15) is 11.3 Å². The molecule has 1 aromatic heterocycles. The van der Waals surface area contributed by atoms with Crippen LogP contribution in [-0.4, -0.2) is 17.6 Å². The van der Waals surface area contributed by atoms with Crippen molar-refractivity contribution in [2.45, 2.75) is 19.5 Å². The van der Waals surface area contributed by atoms with Gasteiger partial charge >= 0.3 is 12.1 Å². The number of nitrogens with zero attached hydrogens (tertiary/aromatic N) is 1. The third-order valence-electron chi connectivity index (χ3n) is 2.03. The number of halogens is 6. The van der Waals surface area contributed by atoms with Crippen LogP contribution in [0.3, 0.4) is 0 Å². The van der Waals surface area contributed by atoms with Gasteiger partial charge in [-0.3, -0.25) is 4.98 Å². The van der Waals surface area contributed by atoms with Crippen LogP contribution in [0.2, 0.25) is 0 Å². The summed E-state index contributed by atoms with van der Waals surface area (Å²) in [6, 6.07) is 0. The summed E-state index contributed by atoms with van der Waals surface area (Å²) < 4.78 is 67.9. The Balaban J connectivity index is 3.60. The van der Waals surface area contributed by atoms with Crippen LogP contribution in [0.15, 0.2) is 6.20 Å². The van der Waals surface area contributed by atoms with Crippen molar-refractivity contribution in [3.63, 3.8) is 0 Å². The molecule has 0 aliphatic heterocycles. The Morgan fingerprint density at radius 1 is 1.47 bits per heavy atom. The first kappa shape index (κ1) is 16.1. The predicted molar refractivity (Wildman–Crippen MR) is 62.9 cm³/mol. The van der Waals surface area contributed by atoms with Gasteiger partial charge in [-0.05, 0) is 29.5 Å². The number of hydrogen-bond acceptors (Lipinski definition) is 3. The van der Waals surface area contributed by atoms with Gasteiger partial charge in [0.05, 0.1) is 12.2 Å². The van der Waals surface area contributed by atoms with Crippen molar-refractivity contribution >= 4 is 28.6 Å². The Hall–Kier alpha value is -1.00. The molecule has 106 valence electrons. The molecule has 0 bridgehead atoms. The summed E-state index contributed by atoms with van der Waals surface area (Å²) in [7, 11) is 0. The fourth-order valence-corrected chi connectivity index (χ4v) is 2.07. The first-order valence-corrected chi connectivity index (χ1v) is 5.98. The molecule has 0 atom stereocenters. The highest BCUT2D eigenvalue weighted by Crippen LogP contribution is 2.38.